The number of carbonyl (C=O) groups excluding carboxylic acids is 2. The Morgan fingerprint density at radius 2 is 1.78 bits per heavy atom. The lowest BCUT2D eigenvalue weighted by atomic mass is 10.1. The minimum absolute atomic E-state index is 0. The Hall–Kier alpha value is -1.88. The summed E-state index contributed by atoms with van der Waals surface area (Å²) >= 11 is 0. The number of amides is 2. The second-order valence-corrected chi connectivity index (χ2v) is 6.36. The number of halogens is 1. The quantitative estimate of drug-likeness (QED) is 0.234. The minimum Gasteiger partial charge on any atom is -0.377 e. The van der Waals surface area contributed by atoms with E-state index in [-0.39, 0.29) is 42.0 Å². The highest BCUT2D eigenvalue weighted by molar-refractivity contribution is 14.0. The van der Waals surface area contributed by atoms with Crippen molar-refractivity contribution in [2.24, 2.45) is 10.7 Å². The second kappa shape index (κ2) is 12.5. The highest BCUT2D eigenvalue weighted by atomic mass is 127. The van der Waals surface area contributed by atoms with Crippen molar-refractivity contribution in [3.63, 3.8) is 0 Å². The van der Waals surface area contributed by atoms with Gasteiger partial charge in [0.1, 0.15) is 0 Å². The van der Waals surface area contributed by atoms with E-state index < -0.39 is 5.91 Å². The van der Waals surface area contributed by atoms with E-state index in [2.05, 4.69) is 20.9 Å². The van der Waals surface area contributed by atoms with Gasteiger partial charge in [-0.05, 0) is 38.5 Å². The fourth-order valence-electron chi connectivity index (χ4n) is 1.91. The van der Waals surface area contributed by atoms with Crippen molar-refractivity contribution in [2.75, 3.05) is 26.7 Å². The molecule has 1 rings (SSSR count). The Morgan fingerprint density at radius 1 is 1.15 bits per heavy atom. The lowest BCUT2D eigenvalue weighted by Crippen LogP contribution is -2.45. The summed E-state index contributed by atoms with van der Waals surface area (Å²) < 4.78 is 5.39. The standard InChI is InChI=1S/C18H29N5O3.HI/c1-5-20-17(23-12-18(2,3)26-4)22-10-13-6-8-14(9-7-13)16(25)21-11-15(19)24;/h6-9H,5,10-12H2,1-4H3,(H2,19,24)(H,21,25)(H2,20,22,23);1H. The Kier molecular flexibility index (Phi) is 11.6. The van der Waals surface area contributed by atoms with Gasteiger partial charge in [0.25, 0.3) is 5.91 Å². The molecule has 0 saturated carbocycles. The maximum atomic E-state index is 11.8. The van der Waals surface area contributed by atoms with Crippen molar-refractivity contribution in [1.29, 1.82) is 0 Å². The maximum Gasteiger partial charge on any atom is 0.251 e. The molecule has 0 aliphatic rings. The lowest BCUT2D eigenvalue weighted by molar-refractivity contribution is -0.117. The number of carbonyl (C=O) groups is 2. The van der Waals surface area contributed by atoms with Crippen LogP contribution in [0.15, 0.2) is 29.3 Å². The number of ether oxygens (including phenoxy) is 1. The maximum absolute atomic E-state index is 11.8. The van der Waals surface area contributed by atoms with E-state index in [1.54, 1.807) is 19.2 Å². The average molecular weight is 491 g/mol. The Morgan fingerprint density at radius 3 is 2.30 bits per heavy atom. The zero-order chi connectivity index (χ0) is 19.6. The molecule has 2 amide bonds. The zero-order valence-corrected chi connectivity index (χ0v) is 18.6. The molecular formula is C18H30IN5O3. The van der Waals surface area contributed by atoms with Crippen molar-refractivity contribution in [1.82, 2.24) is 16.0 Å². The average Bonchev–Trinajstić information content (AvgIpc) is 2.62. The summed E-state index contributed by atoms with van der Waals surface area (Å²) in [5.74, 6) is -0.221. The predicted octanol–water partition coefficient (Wildman–Crippen LogP) is 1.000. The van der Waals surface area contributed by atoms with Crippen molar-refractivity contribution in [3.05, 3.63) is 35.4 Å². The molecule has 27 heavy (non-hydrogen) atoms. The van der Waals surface area contributed by atoms with Crippen molar-refractivity contribution in [2.45, 2.75) is 32.9 Å². The van der Waals surface area contributed by atoms with Crippen LogP contribution < -0.4 is 21.7 Å². The van der Waals surface area contributed by atoms with Crippen LogP contribution in [0.25, 0.3) is 0 Å². The van der Waals surface area contributed by atoms with Crippen molar-refractivity contribution >= 4 is 41.8 Å². The summed E-state index contributed by atoms with van der Waals surface area (Å²) in [5.41, 5.74) is 6.13. The predicted molar refractivity (Wildman–Crippen MR) is 117 cm³/mol. The van der Waals surface area contributed by atoms with E-state index in [1.807, 2.05) is 32.9 Å². The first kappa shape index (κ1) is 25.1. The van der Waals surface area contributed by atoms with Gasteiger partial charge in [0, 0.05) is 25.8 Å². The van der Waals surface area contributed by atoms with Gasteiger partial charge < -0.3 is 26.4 Å². The third-order valence-corrected chi connectivity index (χ3v) is 3.64. The number of methoxy groups -OCH3 is 1. The van der Waals surface area contributed by atoms with Crippen LogP contribution in [0.3, 0.4) is 0 Å². The first-order valence-corrected chi connectivity index (χ1v) is 8.50. The number of nitrogens with zero attached hydrogens (tertiary/aromatic N) is 1. The summed E-state index contributed by atoms with van der Waals surface area (Å²) in [6, 6.07) is 7.03. The molecule has 0 spiro atoms. The topological polar surface area (TPSA) is 118 Å². The molecule has 0 heterocycles. The Bertz CT molecular complexity index is 632. The molecule has 152 valence electrons. The first-order chi connectivity index (χ1) is 12.3. The largest absolute Gasteiger partial charge is 0.377 e. The fraction of sp³-hybridized carbons (Fsp3) is 0.500. The normalized spacial score (nSPS) is 11.3. The zero-order valence-electron chi connectivity index (χ0n) is 16.3. The van der Waals surface area contributed by atoms with Crippen molar-refractivity contribution in [3.8, 4) is 0 Å². The lowest BCUT2D eigenvalue weighted by Gasteiger charge is -2.24. The SMILES string of the molecule is CCNC(=NCc1ccc(C(=O)NCC(N)=O)cc1)NCC(C)(C)OC.I. The monoisotopic (exact) mass is 491 g/mol. The number of nitrogens with two attached hydrogens (primary N) is 1. The van der Waals surface area contributed by atoms with Gasteiger partial charge in [-0.1, -0.05) is 12.1 Å². The van der Waals surface area contributed by atoms with Gasteiger partial charge in [0.05, 0.1) is 18.7 Å². The van der Waals surface area contributed by atoms with Crippen LogP contribution in [0, 0.1) is 0 Å². The van der Waals surface area contributed by atoms with Crippen LogP contribution in [0.4, 0.5) is 0 Å². The number of aliphatic imine (C=N–C) groups is 1. The van der Waals surface area contributed by atoms with Gasteiger partial charge in [0.15, 0.2) is 5.96 Å². The Balaban J connectivity index is 0.00000676. The molecule has 0 aliphatic heterocycles. The highest BCUT2D eigenvalue weighted by Crippen LogP contribution is 2.07. The van der Waals surface area contributed by atoms with Crippen LogP contribution in [0.5, 0.6) is 0 Å². The van der Waals surface area contributed by atoms with E-state index in [1.165, 1.54) is 0 Å². The van der Waals surface area contributed by atoms with Gasteiger partial charge >= 0.3 is 0 Å². The fourth-order valence-corrected chi connectivity index (χ4v) is 1.91. The molecule has 0 aliphatic carbocycles. The molecule has 0 aromatic heterocycles. The number of rotatable bonds is 9. The summed E-state index contributed by atoms with van der Waals surface area (Å²) in [6.07, 6.45) is 0. The summed E-state index contributed by atoms with van der Waals surface area (Å²) in [4.78, 5) is 27.1. The summed E-state index contributed by atoms with van der Waals surface area (Å²) in [6.45, 7) is 7.63. The molecule has 0 atom stereocenters. The molecule has 1 aromatic carbocycles. The number of hydrogen-bond donors (Lipinski definition) is 4. The highest BCUT2D eigenvalue weighted by Gasteiger charge is 2.16. The molecule has 9 heteroatoms. The number of nitrogens with one attached hydrogen (secondary N) is 3. The molecule has 0 saturated heterocycles. The molecule has 1 aromatic rings. The van der Waals surface area contributed by atoms with Gasteiger partial charge in [-0.2, -0.15) is 0 Å². The third-order valence-electron chi connectivity index (χ3n) is 3.64. The number of hydrogen-bond acceptors (Lipinski definition) is 4. The molecule has 8 nitrogen and oxygen atoms in total. The van der Waals surface area contributed by atoms with Gasteiger partial charge in [-0.25, -0.2) is 4.99 Å². The van der Waals surface area contributed by atoms with Gasteiger partial charge in [-0.15, -0.1) is 24.0 Å². The van der Waals surface area contributed by atoms with Crippen LogP contribution in [0.1, 0.15) is 36.7 Å². The van der Waals surface area contributed by atoms with Crippen LogP contribution >= 0.6 is 24.0 Å². The van der Waals surface area contributed by atoms with Crippen LogP contribution in [0.2, 0.25) is 0 Å². The minimum atomic E-state index is -0.579. The van der Waals surface area contributed by atoms with E-state index in [4.69, 9.17) is 10.5 Å². The Labute approximate surface area is 177 Å². The van der Waals surface area contributed by atoms with E-state index >= 15 is 0 Å². The molecular weight excluding hydrogens is 461 g/mol. The van der Waals surface area contributed by atoms with Gasteiger partial charge in [-0.3, -0.25) is 9.59 Å². The molecule has 0 unspecified atom stereocenters. The van der Waals surface area contributed by atoms with Crippen molar-refractivity contribution < 1.29 is 14.3 Å². The summed E-state index contributed by atoms with van der Waals surface area (Å²) in [5, 5.41) is 8.88. The number of primary amides is 1. The van der Waals surface area contributed by atoms with E-state index in [0.29, 0.717) is 24.6 Å². The van der Waals surface area contributed by atoms with Gasteiger partial charge in [0.2, 0.25) is 5.91 Å². The number of benzene rings is 1. The molecule has 0 fully saturated rings. The first-order valence-electron chi connectivity index (χ1n) is 8.50. The smallest absolute Gasteiger partial charge is 0.251 e. The molecule has 0 bridgehead atoms. The summed E-state index contributed by atoms with van der Waals surface area (Å²) in [7, 11) is 1.67. The third kappa shape index (κ3) is 10.1. The molecule has 0 radical (unpaired) electrons. The van der Waals surface area contributed by atoms with E-state index in [0.717, 1.165) is 12.1 Å². The van der Waals surface area contributed by atoms with Crippen LogP contribution in [-0.2, 0) is 16.1 Å². The number of guanidine groups is 1. The van der Waals surface area contributed by atoms with E-state index in [9.17, 15) is 9.59 Å². The van der Waals surface area contributed by atoms with Crippen LogP contribution in [-0.4, -0.2) is 50.1 Å². The molecule has 5 N–H and O–H groups in total. The second-order valence-electron chi connectivity index (χ2n) is 6.36.